The number of carbonyl (C=O) groups excluding carboxylic acids is 1. The first-order valence-corrected chi connectivity index (χ1v) is 7.64. The van der Waals surface area contributed by atoms with Gasteiger partial charge in [-0.15, -0.1) is 0 Å². The lowest BCUT2D eigenvalue weighted by Crippen LogP contribution is -2.33. The van der Waals surface area contributed by atoms with Crippen LogP contribution in [0.3, 0.4) is 0 Å². The summed E-state index contributed by atoms with van der Waals surface area (Å²) in [5, 5.41) is 0. The lowest BCUT2D eigenvalue weighted by atomic mass is 10.1. The number of primary amides is 1. The van der Waals surface area contributed by atoms with Crippen molar-refractivity contribution in [2.75, 3.05) is 33.4 Å². The van der Waals surface area contributed by atoms with Crippen molar-refractivity contribution in [1.82, 2.24) is 4.90 Å². The Bertz CT molecular complexity index is 537. The number of nitrogens with zero attached hydrogens (tertiary/aromatic N) is 1. The van der Waals surface area contributed by atoms with Crippen molar-refractivity contribution in [2.45, 2.75) is 19.3 Å². The van der Waals surface area contributed by atoms with E-state index in [-0.39, 0.29) is 5.57 Å². The van der Waals surface area contributed by atoms with Crippen molar-refractivity contribution >= 4 is 11.5 Å². The topological polar surface area (TPSA) is 64.8 Å². The molecule has 0 unspecified atom stereocenters. The van der Waals surface area contributed by atoms with Crippen molar-refractivity contribution in [3.8, 4) is 11.5 Å². The average Bonchev–Trinajstić information content (AvgIpc) is 2.55. The van der Waals surface area contributed by atoms with Crippen LogP contribution >= 0.6 is 0 Å². The van der Waals surface area contributed by atoms with E-state index in [0.717, 1.165) is 19.6 Å². The molecule has 0 spiro atoms. The van der Waals surface area contributed by atoms with Crippen molar-refractivity contribution in [2.24, 2.45) is 5.73 Å². The molecule has 5 nitrogen and oxygen atoms in total. The van der Waals surface area contributed by atoms with Crippen LogP contribution in [-0.2, 0) is 4.79 Å². The maximum absolute atomic E-state index is 11.4. The van der Waals surface area contributed by atoms with Crippen LogP contribution in [0.4, 0.5) is 0 Å². The van der Waals surface area contributed by atoms with Crippen molar-refractivity contribution < 1.29 is 14.3 Å². The Balaban J connectivity index is 2.03. The number of carbonyl (C=O) groups is 1. The molecule has 1 amide bonds. The standard InChI is InChI=1S/C17H24N2O3/c1-13(17(18)20)15-7-6-14(21-2)12-16(15)22-11-10-19-8-4-3-5-9-19/h6-7,12H,1,3-5,8-11H2,2H3,(H2,18,20). The fraction of sp³-hybridized carbons (Fsp3) is 0.471. The number of benzene rings is 1. The Hall–Kier alpha value is -2.01. The van der Waals surface area contributed by atoms with Crippen molar-refractivity contribution in [1.29, 1.82) is 0 Å². The number of piperidine rings is 1. The fourth-order valence-corrected chi connectivity index (χ4v) is 2.60. The van der Waals surface area contributed by atoms with Gasteiger partial charge >= 0.3 is 0 Å². The molecule has 1 aromatic carbocycles. The molecule has 0 aliphatic carbocycles. The van der Waals surface area contributed by atoms with Gasteiger partial charge < -0.3 is 15.2 Å². The summed E-state index contributed by atoms with van der Waals surface area (Å²) in [5.41, 5.74) is 6.18. The molecule has 0 saturated carbocycles. The Morgan fingerprint density at radius 1 is 1.32 bits per heavy atom. The molecule has 2 N–H and O–H groups in total. The zero-order chi connectivity index (χ0) is 15.9. The Kier molecular flexibility index (Phi) is 5.83. The van der Waals surface area contributed by atoms with Gasteiger partial charge in [0.05, 0.1) is 7.11 Å². The van der Waals surface area contributed by atoms with Gasteiger partial charge in [-0.2, -0.15) is 0 Å². The van der Waals surface area contributed by atoms with Crippen LogP contribution in [0.25, 0.3) is 5.57 Å². The maximum atomic E-state index is 11.4. The van der Waals surface area contributed by atoms with Crippen molar-refractivity contribution in [3.05, 3.63) is 30.3 Å². The lowest BCUT2D eigenvalue weighted by Gasteiger charge is -2.26. The fourth-order valence-electron chi connectivity index (χ4n) is 2.60. The van der Waals surface area contributed by atoms with Crippen LogP contribution in [0.2, 0.25) is 0 Å². The smallest absolute Gasteiger partial charge is 0.248 e. The van der Waals surface area contributed by atoms with Gasteiger partial charge in [-0.25, -0.2) is 0 Å². The average molecular weight is 304 g/mol. The molecule has 1 fully saturated rings. The van der Waals surface area contributed by atoms with E-state index < -0.39 is 5.91 Å². The minimum Gasteiger partial charge on any atom is -0.497 e. The highest BCUT2D eigenvalue weighted by Crippen LogP contribution is 2.29. The van der Waals surface area contributed by atoms with Crippen LogP contribution < -0.4 is 15.2 Å². The number of hydrogen-bond acceptors (Lipinski definition) is 4. The van der Waals surface area contributed by atoms with Gasteiger partial charge in [0.25, 0.3) is 0 Å². The third kappa shape index (κ3) is 4.24. The summed E-state index contributed by atoms with van der Waals surface area (Å²) in [6.07, 6.45) is 3.82. The van der Waals surface area contributed by atoms with E-state index in [0.29, 0.717) is 23.7 Å². The monoisotopic (exact) mass is 304 g/mol. The third-order valence-corrected chi connectivity index (χ3v) is 3.93. The quantitative estimate of drug-likeness (QED) is 0.783. The number of nitrogens with two attached hydrogens (primary N) is 1. The van der Waals surface area contributed by atoms with E-state index in [9.17, 15) is 4.79 Å². The highest BCUT2D eigenvalue weighted by atomic mass is 16.5. The maximum Gasteiger partial charge on any atom is 0.248 e. The van der Waals surface area contributed by atoms with Gasteiger partial charge in [0.1, 0.15) is 18.1 Å². The van der Waals surface area contributed by atoms with Crippen LogP contribution in [0.5, 0.6) is 11.5 Å². The van der Waals surface area contributed by atoms with Gasteiger partial charge in [-0.3, -0.25) is 9.69 Å². The highest BCUT2D eigenvalue weighted by molar-refractivity contribution is 6.18. The lowest BCUT2D eigenvalue weighted by molar-refractivity contribution is -0.112. The Morgan fingerprint density at radius 2 is 2.05 bits per heavy atom. The van der Waals surface area contributed by atoms with Gasteiger partial charge in [0.15, 0.2) is 0 Å². The number of likely N-dealkylation sites (tertiary alicyclic amines) is 1. The number of amides is 1. The van der Waals surface area contributed by atoms with E-state index in [1.54, 1.807) is 25.3 Å². The number of ether oxygens (including phenoxy) is 2. The zero-order valence-corrected chi connectivity index (χ0v) is 13.1. The van der Waals surface area contributed by atoms with Crippen LogP contribution in [-0.4, -0.2) is 44.2 Å². The van der Waals surface area contributed by atoms with Crippen LogP contribution in [0.15, 0.2) is 24.8 Å². The van der Waals surface area contributed by atoms with Gasteiger partial charge in [0, 0.05) is 23.7 Å². The third-order valence-electron chi connectivity index (χ3n) is 3.93. The molecular formula is C17H24N2O3. The molecular weight excluding hydrogens is 280 g/mol. The van der Waals surface area contributed by atoms with Crippen LogP contribution in [0.1, 0.15) is 24.8 Å². The summed E-state index contributed by atoms with van der Waals surface area (Å²) in [4.78, 5) is 13.8. The largest absolute Gasteiger partial charge is 0.497 e. The first kappa shape index (κ1) is 16.4. The summed E-state index contributed by atoms with van der Waals surface area (Å²) in [5.74, 6) is 0.709. The highest BCUT2D eigenvalue weighted by Gasteiger charge is 2.14. The molecule has 5 heteroatoms. The Morgan fingerprint density at radius 3 is 2.68 bits per heavy atom. The SMILES string of the molecule is C=C(C(N)=O)c1ccc(OC)cc1OCCN1CCCCC1. The molecule has 1 heterocycles. The zero-order valence-electron chi connectivity index (χ0n) is 13.1. The molecule has 0 aromatic heterocycles. The molecule has 0 bridgehead atoms. The second-order valence-electron chi connectivity index (χ2n) is 5.46. The normalized spacial score (nSPS) is 15.3. The minimum atomic E-state index is -0.550. The summed E-state index contributed by atoms with van der Waals surface area (Å²) < 4.78 is 11.1. The summed E-state index contributed by atoms with van der Waals surface area (Å²) in [7, 11) is 1.59. The van der Waals surface area contributed by atoms with E-state index in [1.807, 2.05) is 0 Å². The first-order valence-electron chi connectivity index (χ1n) is 7.64. The first-order chi connectivity index (χ1) is 10.6. The molecule has 1 aliphatic heterocycles. The van der Waals surface area contributed by atoms with E-state index in [1.165, 1.54) is 19.3 Å². The molecule has 22 heavy (non-hydrogen) atoms. The summed E-state index contributed by atoms with van der Waals surface area (Å²) >= 11 is 0. The molecule has 2 rings (SSSR count). The molecule has 0 radical (unpaired) electrons. The van der Waals surface area contributed by atoms with E-state index in [4.69, 9.17) is 15.2 Å². The van der Waals surface area contributed by atoms with Gasteiger partial charge in [0.2, 0.25) is 5.91 Å². The van der Waals surface area contributed by atoms with E-state index in [2.05, 4.69) is 11.5 Å². The van der Waals surface area contributed by atoms with Gasteiger partial charge in [-0.1, -0.05) is 13.0 Å². The molecule has 1 aliphatic rings. The van der Waals surface area contributed by atoms with Crippen LogP contribution in [0, 0.1) is 0 Å². The summed E-state index contributed by atoms with van der Waals surface area (Å²) in [6, 6.07) is 5.28. The predicted molar refractivity (Wildman–Crippen MR) is 87.0 cm³/mol. The minimum absolute atomic E-state index is 0.246. The second kappa shape index (κ2) is 7.84. The predicted octanol–water partition coefficient (Wildman–Crippen LogP) is 2.06. The van der Waals surface area contributed by atoms with Crippen molar-refractivity contribution in [3.63, 3.8) is 0 Å². The van der Waals surface area contributed by atoms with E-state index >= 15 is 0 Å². The molecule has 120 valence electrons. The summed E-state index contributed by atoms with van der Waals surface area (Å²) in [6.45, 7) is 7.42. The second-order valence-corrected chi connectivity index (χ2v) is 5.46. The number of hydrogen-bond donors (Lipinski definition) is 1. The number of methoxy groups -OCH3 is 1. The molecule has 1 aromatic rings. The Labute approximate surface area is 131 Å². The number of rotatable bonds is 7. The molecule has 0 atom stereocenters. The molecule has 1 saturated heterocycles. The van der Waals surface area contributed by atoms with Gasteiger partial charge in [-0.05, 0) is 38.1 Å².